The largest absolute Gasteiger partial charge is 0.493 e. The van der Waals surface area contributed by atoms with Crippen LogP contribution < -0.4 is 30.0 Å². The molecule has 0 radical (unpaired) electrons. The highest BCUT2D eigenvalue weighted by atomic mass is 79.9. The Morgan fingerprint density at radius 1 is 0.724 bits per heavy atom. The lowest BCUT2D eigenvalue weighted by Crippen LogP contribution is -2.52. The van der Waals surface area contributed by atoms with Crippen LogP contribution in [0.3, 0.4) is 0 Å². The maximum absolute atomic E-state index is 13.4. The van der Waals surface area contributed by atoms with Crippen LogP contribution in [0.2, 0.25) is 25.7 Å². The van der Waals surface area contributed by atoms with Crippen molar-refractivity contribution in [1.29, 1.82) is 0 Å². The van der Waals surface area contributed by atoms with Crippen molar-refractivity contribution in [2.75, 3.05) is 84.2 Å². The number of nitrogen functional groups attached to an aromatic ring is 1. The minimum atomic E-state index is -3.86. The molecular weight excluding hydrogens is 1260 g/mol. The lowest BCUT2D eigenvalue weighted by Gasteiger charge is -2.42. The third-order valence-electron chi connectivity index (χ3n) is 17.2. The van der Waals surface area contributed by atoms with E-state index in [1.54, 1.807) is 34.6 Å². The molecule has 6 aliphatic heterocycles. The zero-order valence-corrected chi connectivity index (χ0v) is 53.4. The van der Waals surface area contributed by atoms with Gasteiger partial charge in [-0.2, -0.15) is 36.1 Å². The Kier molecular flexibility index (Phi) is 19.5. The molecule has 6 aromatic rings. The topological polar surface area (TPSA) is 263 Å². The Hall–Kier alpha value is -6.06. The summed E-state index contributed by atoms with van der Waals surface area (Å²) in [7, 11) is -4.49. The summed E-state index contributed by atoms with van der Waals surface area (Å²) < 4.78 is 133. The van der Waals surface area contributed by atoms with Crippen LogP contribution in [-0.2, 0) is 44.4 Å². The number of nitrogens with one attached hydrogen (secondary N) is 2. The number of hydrogen-bond acceptors (Lipinski definition) is 19. The number of likely N-dealkylation sites (tertiary alicyclic amines) is 2. The van der Waals surface area contributed by atoms with Crippen LogP contribution in [0.15, 0.2) is 76.0 Å². The minimum Gasteiger partial charge on any atom is -0.493 e. The van der Waals surface area contributed by atoms with Gasteiger partial charge in [-0.3, -0.25) is 0 Å². The SMILES string of the molecule is CN1CCCC12CCN(S(=O)(=O)c1nc(Br)nn1COCC[Si](C)(C)C)CC2.CN1CCCC12CCN(S(=O)(=O)c1nc(Nc3c(-c4ccnc(OC(F)F)c4)ccc4c3CCO4)n[nH]1)CC2.Nc1c(-c2ccnc(OC(F)F)c2)ccc2c1CCO2. The number of fused-ring (bicyclic) bond motifs is 2. The number of pyridine rings is 2. The molecule has 0 atom stereocenters. The summed E-state index contributed by atoms with van der Waals surface area (Å²) in [6, 6.07) is 14.5. The minimum absolute atomic E-state index is 0.0388. The number of halogens is 5. The van der Waals surface area contributed by atoms with Crippen LogP contribution >= 0.6 is 15.9 Å². The van der Waals surface area contributed by atoms with Crippen LogP contribution in [0.4, 0.5) is 34.9 Å². The van der Waals surface area contributed by atoms with Gasteiger partial charge in [-0.1, -0.05) is 19.6 Å². The molecule has 0 unspecified atom stereocenters. The van der Waals surface area contributed by atoms with Gasteiger partial charge in [0.15, 0.2) is 0 Å². The summed E-state index contributed by atoms with van der Waals surface area (Å²) in [6.07, 6.45) is 12.0. The summed E-state index contributed by atoms with van der Waals surface area (Å²) in [4.78, 5) is 20.8. The third-order valence-corrected chi connectivity index (χ3v) is 22.8. The van der Waals surface area contributed by atoms with E-state index < -0.39 is 41.3 Å². The predicted octanol–water partition coefficient (Wildman–Crippen LogP) is 8.86. The number of aromatic amines is 1. The first-order valence-corrected chi connectivity index (χ1v) is 36.3. The number of piperidine rings is 2. The Labute approximate surface area is 512 Å². The molecule has 10 heterocycles. The monoisotopic (exact) mass is 1330 g/mol. The smallest absolute Gasteiger partial charge is 0.388 e. The second-order valence-electron chi connectivity index (χ2n) is 23.6. The van der Waals surface area contributed by atoms with Crippen molar-refractivity contribution in [1.82, 2.24) is 58.3 Å². The third kappa shape index (κ3) is 14.5. The zero-order valence-electron chi connectivity index (χ0n) is 49.2. The molecule has 2 aromatic carbocycles. The normalized spacial score (nSPS) is 18.7. The van der Waals surface area contributed by atoms with Gasteiger partial charge >= 0.3 is 13.2 Å². The van der Waals surface area contributed by atoms with Crippen molar-refractivity contribution >= 4 is 61.4 Å². The van der Waals surface area contributed by atoms with Gasteiger partial charge in [0.25, 0.3) is 30.4 Å². The second-order valence-corrected chi connectivity index (χ2v) is 33.6. The van der Waals surface area contributed by atoms with Gasteiger partial charge < -0.3 is 44.5 Å². The molecule has 472 valence electrons. The fraction of sp³-hybridized carbons (Fsp3) is 0.536. The Balaban J connectivity index is 0.000000153. The molecule has 4 saturated heterocycles. The Morgan fingerprint density at radius 3 is 1.79 bits per heavy atom. The van der Waals surface area contributed by atoms with E-state index in [2.05, 4.69) is 109 Å². The van der Waals surface area contributed by atoms with E-state index in [0.717, 1.165) is 92.9 Å². The molecule has 87 heavy (non-hydrogen) atoms. The van der Waals surface area contributed by atoms with Crippen LogP contribution in [0.1, 0.15) is 62.5 Å². The first-order chi connectivity index (χ1) is 41.4. The van der Waals surface area contributed by atoms with Gasteiger partial charge in [0.2, 0.25) is 22.4 Å². The molecule has 0 amide bonds. The Morgan fingerprint density at radius 2 is 1.25 bits per heavy atom. The van der Waals surface area contributed by atoms with Crippen molar-refractivity contribution in [3.8, 4) is 45.5 Å². The Bertz CT molecular complexity index is 3630. The van der Waals surface area contributed by atoms with Crippen molar-refractivity contribution in [2.45, 2.75) is 131 Å². The van der Waals surface area contributed by atoms with Gasteiger partial charge in [-0.05, 0) is 148 Å². The van der Waals surface area contributed by atoms with Crippen molar-refractivity contribution < 1.29 is 58.1 Å². The molecule has 31 heteroatoms. The fourth-order valence-corrected chi connectivity index (χ4v) is 16.2. The van der Waals surface area contributed by atoms with Crippen LogP contribution in [0.5, 0.6) is 23.3 Å². The van der Waals surface area contributed by atoms with E-state index in [1.165, 1.54) is 39.9 Å². The number of H-pyrrole nitrogens is 1. The quantitative estimate of drug-likeness (QED) is 0.0333. The number of anilines is 3. The second kappa shape index (κ2) is 26.6. The van der Waals surface area contributed by atoms with E-state index in [-0.39, 0.29) is 50.6 Å². The highest BCUT2D eigenvalue weighted by Crippen LogP contribution is 2.44. The number of hydrogen-bond donors (Lipinski definition) is 3. The molecule has 2 spiro atoms. The van der Waals surface area contributed by atoms with E-state index >= 15 is 0 Å². The molecule has 6 aliphatic rings. The first-order valence-electron chi connectivity index (χ1n) is 28.9. The summed E-state index contributed by atoms with van der Waals surface area (Å²) in [5.74, 6) is 1.17. The molecule has 4 N–H and O–H groups in total. The van der Waals surface area contributed by atoms with E-state index in [1.807, 2.05) is 6.07 Å². The molecule has 23 nitrogen and oxygen atoms in total. The van der Waals surface area contributed by atoms with Gasteiger partial charge in [-0.15, -0.1) is 10.2 Å². The standard InChI is InChI=1S/C25H29F2N7O4S.C17H32BrN5O3SSi.C14H12F2N2O2/c1-33-11-2-7-25(33)8-12-34(13-9-25)39(35,36)24-30-23(31-32-24)29-21-17(3-4-19-18(21)6-14-37-19)16-5-10-28-20(15-16)38-22(26)27;1-21-9-5-6-17(21)7-10-22(11-8-17)27(24,25)16-19-15(18)20-23(16)14-26-12-13-28(2,3)4;15-14(16)20-12-7-8(3-5-18-12)9-1-2-11-10(13(9)17)4-6-19-11/h3-5,10,15,22H,2,6-9,11-14H2,1H3,(H2,29,30,31,32);5-14H2,1-4H3;1-3,5,7,14H,4,6,17H2. The van der Waals surface area contributed by atoms with Gasteiger partial charge in [0.1, 0.15) is 18.2 Å². The van der Waals surface area contributed by atoms with Crippen molar-refractivity contribution in [2.24, 2.45) is 0 Å². The maximum Gasteiger partial charge on any atom is 0.388 e. The maximum atomic E-state index is 13.4. The average Bonchev–Trinajstić information content (AvgIpc) is 2.13. The molecule has 0 bridgehead atoms. The zero-order chi connectivity index (χ0) is 61.9. The number of aromatic nitrogens is 8. The van der Waals surface area contributed by atoms with Gasteiger partial charge in [0, 0.05) is 117 Å². The van der Waals surface area contributed by atoms with Gasteiger partial charge in [0.05, 0.1) is 18.9 Å². The van der Waals surface area contributed by atoms with E-state index in [9.17, 15) is 34.4 Å². The van der Waals surface area contributed by atoms with E-state index in [4.69, 9.17) is 19.9 Å². The lowest BCUT2D eigenvalue weighted by atomic mass is 9.86. The fourth-order valence-electron chi connectivity index (χ4n) is 12.2. The molecular formula is C56H73BrF4N14O9S2Si. The van der Waals surface area contributed by atoms with Crippen LogP contribution in [-0.4, -0.2) is 181 Å². The molecule has 4 fully saturated rings. The summed E-state index contributed by atoms with van der Waals surface area (Å²) in [6.45, 7) is 6.76. The van der Waals surface area contributed by atoms with E-state index in [0.29, 0.717) is 86.2 Å². The van der Waals surface area contributed by atoms with Gasteiger partial charge in [-0.25, -0.2) is 36.6 Å². The number of ether oxygens (including phenoxy) is 5. The number of sulfonamides is 2. The number of benzene rings is 2. The predicted molar refractivity (Wildman–Crippen MR) is 322 cm³/mol. The van der Waals surface area contributed by atoms with Crippen LogP contribution in [0, 0.1) is 0 Å². The highest BCUT2D eigenvalue weighted by Gasteiger charge is 2.46. The molecule has 12 rings (SSSR count). The molecule has 4 aromatic heterocycles. The highest BCUT2D eigenvalue weighted by molar-refractivity contribution is 9.10. The average molecular weight is 1330 g/mol. The van der Waals surface area contributed by atoms with Crippen LogP contribution in [0.25, 0.3) is 22.3 Å². The van der Waals surface area contributed by atoms with Crippen molar-refractivity contribution in [3.63, 3.8) is 0 Å². The summed E-state index contributed by atoms with van der Waals surface area (Å²) >= 11 is 3.22. The summed E-state index contributed by atoms with van der Waals surface area (Å²) in [5.41, 5.74) is 12.0. The lowest BCUT2D eigenvalue weighted by molar-refractivity contribution is -0.0535. The number of nitrogens with two attached hydrogens (primary N) is 1. The van der Waals surface area contributed by atoms with Crippen molar-refractivity contribution in [3.05, 3.63) is 76.8 Å². The molecule has 0 aliphatic carbocycles. The number of rotatable bonds is 17. The first kappa shape index (κ1) is 63.9. The number of alkyl halides is 4. The number of nitrogens with zero attached hydrogens (tertiary/aromatic N) is 11. The molecule has 0 saturated carbocycles. The summed E-state index contributed by atoms with van der Waals surface area (Å²) in [5, 5.41) is 13.8.